The van der Waals surface area contributed by atoms with E-state index in [0.717, 1.165) is 17.4 Å². The van der Waals surface area contributed by atoms with Gasteiger partial charge in [0.05, 0.1) is 4.90 Å². The lowest BCUT2D eigenvalue weighted by molar-refractivity contribution is -0.228. The molecular formula is C30H28F5NO3S. The SMILES string of the molecule is CC(F)(c1ccc2c(c1)CC[C@H]1N(C(=O)c3ccc(S(C)(=O)=O)cc3)CC[C@@]21Cc1ccc(F)cc1)C(F)(F)F. The summed E-state index contributed by atoms with van der Waals surface area (Å²) in [5, 5.41) is 0. The number of aryl methyl sites for hydroxylation is 1. The molecule has 4 nitrogen and oxygen atoms in total. The quantitative estimate of drug-likeness (QED) is 0.334. The number of amides is 1. The Labute approximate surface area is 229 Å². The first-order valence-electron chi connectivity index (χ1n) is 12.9. The summed E-state index contributed by atoms with van der Waals surface area (Å²) in [4.78, 5) is 15.5. The van der Waals surface area contributed by atoms with Gasteiger partial charge in [0, 0.05) is 29.8 Å². The van der Waals surface area contributed by atoms with E-state index in [1.807, 2.05) is 0 Å². The average Bonchev–Trinajstić information content (AvgIpc) is 3.27. The van der Waals surface area contributed by atoms with E-state index in [9.17, 15) is 35.2 Å². The first-order valence-corrected chi connectivity index (χ1v) is 14.8. The van der Waals surface area contributed by atoms with Gasteiger partial charge in [-0.25, -0.2) is 17.2 Å². The van der Waals surface area contributed by atoms with Crippen LogP contribution in [0.25, 0.3) is 0 Å². The van der Waals surface area contributed by atoms with Gasteiger partial charge in [0.15, 0.2) is 9.84 Å². The van der Waals surface area contributed by atoms with Gasteiger partial charge in [-0.15, -0.1) is 0 Å². The fraction of sp³-hybridized carbons (Fsp3) is 0.367. The van der Waals surface area contributed by atoms with Crippen molar-refractivity contribution in [3.63, 3.8) is 0 Å². The van der Waals surface area contributed by atoms with Crippen molar-refractivity contribution < 1.29 is 35.2 Å². The van der Waals surface area contributed by atoms with Gasteiger partial charge in [-0.05, 0) is 91.3 Å². The molecule has 1 amide bonds. The fourth-order valence-corrected chi connectivity index (χ4v) is 6.87. The van der Waals surface area contributed by atoms with E-state index < -0.39 is 38.5 Å². The topological polar surface area (TPSA) is 54.5 Å². The average molecular weight is 578 g/mol. The van der Waals surface area contributed by atoms with Crippen LogP contribution in [0, 0.1) is 5.82 Å². The van der Waals surface area contributed by atoms with E-state index in [4.69, 9.17) is 0 Å². The van der Waals surface area contributed by atoms with Crippen LogP contribution in [0.1, 0.15) is 52.4 Å². The molecule has 1 aliphatic heterocycles. The molecule has 0 spiro atoms. The predicted molar refractivity (Wildman–Crippen MR) is 140 cm³/mol. The highest BCUT2D eigenvalue weighted by atomic mass is 32.2. The van der Waals surface area contributed by atoms with Crippen molar-refractivity contribution >= 4 is 15.7 Å². The Kier molecular flexibility index (Phi) is 6.84. The van der Waals surface area contributed by atoms with Gasteiger partial charge in [-0.3, -0.25) is 4.79 Å². The van der Waals surface area contributed by atoms with Crippen LogP contribution in [0.15, 0.2) is 71.6 Å². The molecule has 1 fully saturated rings. The summed E-state index contributed by atoms with van der Waals surface area (Å²) in [5.41, 5.74) is -2.17. The third kappa shape index (κ3) is 4.80. The fourth-order valence-electron chi connectivity index (χ4n) is 6.24. The number of hydrogen-bond donors (Lipinski definition) is 0. The molecule has 3 aromatic rings. The summed E-state index contributed by atoms with van der Waals surface area (Å²) >= 11 is 0. The maximum atomic E-state index is 14.9. The Morgan fingerprint density at radius 3 is 2.25 bits per heavy atom. The van der Waals surface area contributed by atoms with Crippen molar-refractivity contribution in [2.24, 2.45) is 0 Å². The van der Waals surface area contributed by atoms with Crippen LogP contribution in [0.5, 0.6) is 0 Å². The number of nitrogens with zero attached hydrogens (tertiary/aromatic N) is 1. The normalized spacial score (nSPS) is 22.4. The zero-order chi connectivity index (χ0) is 29.1. The lowest BCUT2D eigenvalue weighted by Gasteiger charge is -2.44. The second-order valence-electron chi connectivity index (χ2n) is 10.9. The molecule has 1 saturated heterocycles. The number of fused-ring (bicyclic) bond motifs is 3. The molecule has 10 heteroatoms. The third-order valence-electron chi connectivity index (χ3n) is 8.44. The highest BCUT2D eigenvalue weighted by molar-refractivity contribution is 7.90. The highest BCUT2D eigenvalue weighted by Gasteiger charge is 2.55. The number of halogens is 5. The van der Waals surface area contributed by atoms with E-state index >= 15 is 0 Å². The Balaban J connectivity index is 1.55. The predicted octanol–water partition coefficient (Wildman–Crippen LogP) is 6.32. The third-order valence-corrected chi connectivity index (χ3v) is 9.57. The van der Waals surface area contributed by atoms with Crippen LogP contribution in [0.3, 0.4) is 0 Å². The molecule has 40 heavy (non-hydrogen) atoms. The summed E-state index contributed by atoms with van der Waals surface area (Å²) in [7, 11) is -3.44. The highest BCUT2D eigenvalue weighted by Crippen LogP contribution is 2.51. The van der Waals surface area contributed by atoms with Crippen molar-refractivity contribution in [1.82, 2.24) is 4.90 Å². The van der Waals surface area contributed by atoms with Gasteiger partial charge in [-0.1, -0.05) is 30.3 Å². The van der Waals surface area contributed by atoms with Crippen LogP contribution in [0.2, 0.25) is 0 Å². The van der Waals surface area contributed by atoms with E-state index in [-0.39, 0.29) is 16.8 Å². The molecule has 0 bridgehead atoms. The zero-order valence-electron chi connectivity index (χ0n) is 21.9. The van der Waals surface area contributed by atoms with Crippen LogP contribution in [-0.4, -0.2) is 44.2 Å². The minimum Gasteiger partial charge on any atom is -0.335 e. The van der Waals surface area contributed by atoms with Crippen molar-refractivity contribution in [3.05, 3.63) is 100 Å². The van der Waals surface area contributed by atoms with Gasteiger partial charge < -0.3 is 4.90 Å². The minimum atomic E-state index is -5.08. The molecular weight excluding hydrogens is 549 g/mol. The molecule has 3 atom stereocenters. The Bertz CT molecular complexity index is 1550. The lowest BCUT2D eigenvalue weighted by Crippen LogP contribution is -2.49. The molecule has 0 N–H and O–H groups in total. The maximum Gasteiger partial charge on any atom is 0.426 e. The molecule has 1 aliphatic carbocycles. The molecule has 2 aliphatic rings. The first-order chi connectivity index (χ1) is 18.6. The zero-order valence-corrected chi connectivity index (χ0v) is 22.8. The number of hydrogen-bond acceptors (Lipinski definition) is 3. The number of likely N-dealkylation sites (tertiary alicyclic amines) is 1. The molecule has 3 aromatic carbocycles. The standard InChI is InChI=1S/C30H28F5NO3S/c1-28(32,30(33,34)35)22-8-13-25-21(17-22)7-14-26-29(25,18-19-3-9-23(31)10-4-19)15-16-36(26)27(37)20-5-11-24(12-6-20)40(2,38)39/h3-6,8-13,17,26H,7,14-16,18H2,1-2H3/t26-,28?,29-/m1/s1. The maximum absolute atomic E-state index is 14.9. The number of alkyl halides is 4. The van der Waals surface area contributed by atoms with E-state index in [1.54, 1.807) is 23.1 Å². The van der Waals surface area contributed by atoms with Crippen molar-refractivity contribution in [3.8, 4) is 0 Å². The van der Waals surface area contributed by atoms with Gasteiger partial charge in [0.1, 0.15) is 5.82 Å². The summed E-state index contributed by atoms with van der Waals surface area (Å²) in [6.45, 7) is 0.878. The number of sulfone groups is 1. The molecule has 0 saturated carbocycles. The van der Waals surface area contributed by atoms with E-state index in [1.165, 1.54) is 48.5 Å². The second kappa shape index (κ2) is 9.68. The van der Waals surface area contributed by atoms with Crippen LogP contribution < -0.4 is 0 Å². The minimum absolute atomic E-state index is 0.0947. The number of rotatable bonds is 5. The van der Waals surface area contributed by atoms with E-state index in [2.05, 4.69) is 0 Å². The molecule has 1 heterocycles. The van der Waals surface area contributed by atoms with Crippen molar-refractivity contribution in [1.29, 1.82) is 0 Å². The largest absolute Gasteiger partial charge is 0.426 e. The van der Waals surface area contributed by atoms with Gasteiger partial charge in [0.25, 0.3) is 5.91 Å². The van der Waals surface area contributed by atoms with Crippen molar-refractivity contribution in [2.75, 3.05) is 12.8 Å². The van der Waals surface area contributed by atoms with Crippen molar-refractivity contribution in [2.45, 2.75) is 60.8 Å². The lowest BCUT2D eigenvalue weighted by atomic mass is 9.63. The Morgan fingerprint density at radius 1 is 1.00 bits per heavy atom. The number of benzene rings is 3. The Morgan fingerprint density at radius 2 is 1.65 bits per heavy atom. The summed E-state index contributed by atoms with van der Waals surface area (Å²) in [5.74, 6) is -0.679. The first kappa shape index (κ1) is 28.3. The van der Waals surface area contributed by atoms with Crippen LogP contribution >= 0.6 is 0 Å². The number of carbonyl (C=O) groups excluding carboxylic acids is 1. The summed E-state index contributed by atoms with van der Waals surface area (Å²) in [6, 6.07) is 15.4. The molecule has 0 aromatic heterocycles. The summed E-state index contributed by atoms with van der Waals surface area (Å²) < 4.78 is 92.6. The summed E-state index contributed by atoms with van der Waals surface area (Å²) in [6.07, 6.45) is -2.29. The molecule has 1 unspecified atom stereocenters. The van der Waals surface area contributed by atoms with E-state index in [0.29, 0.717) is 50.3 Å². The van der Waals surface area contributed by atoms with Gasteiger partial charge >= 0.3 is 6.18 Å². The smallest absolute Gasteiger partial charge is 0.335 e. The van der Waals surface area contributed by atoms with Crippen LogP contribution in [0.4, 0.5) is 22.0 Å². The molecule has 0 radical (unpaired) electrons. The second-order valence-corrected chi connectivity index (χ2v) is 12.9. The van der Waals surface area contributed by atoms with Gasteiger partial charge in [0.2, 0.25) is 5.67 Å². The molecule has 212 valence electrons. The van der Waals surface area contributed by atoms with Crippen LogP contribution in [-0.2, 0) is 33.8 Å². The monoisotopic (exact) mass is 577 g/mol. The Hall–Kier alpha value is -3.27. The molecule has 5 rings (SSSR count). The van der Waals surface area contributed by atoms with Gasteiger partial charge in [-0.2, -0.15) is 13.2 Å². The number of carbonyl (C=O) groups is 1.